The molecular weight excluding hydrogens is 1750 g/mol. The van der Waals surface area contributed by atoms with Crippen LogP contribution in [0.25, 0.3) is 0 Å². The molecule has 792 valence electrons. The average molecular weight is 1960 g/mol. The molecule has 18 heteroatoms. The van der Waals surface area contributed by atoms with Crippen LogP contribution in [0.5, 0.6) is 0 Å². The van der Waals surface area contributed by atoms with Gasteiger partial charge in [0.2, 0.25) is 0 Å². The highest BCUT2D eigenvalue weighted by Crippen LogP contribution is 2.45. The number of phosphoric ester groups is 2. The van der Waals surface area contributed by atoms with Crippen molar-refractivity contribution in [2.24, 2.45) is 0 Å². The van der Waals surface area contributed by atoms with Crippen molar-refractivity contribution in [3.8, 4) is 0 Å². The van der Waals surface area contributed by atoms with Gasteiger partial charge in [0, 0.05) is 19.3 Å². The number of carbonyl (C=O) groups excluding carboxylic acids is 3. The van der Waals surface area contributed by atoms with Gasteiger partial charge in [-0.15, -0.1) is 0 Å². The van der Waals surface area contributed by atoms with Crippen molar-refractivity contribution in [3.05, 3.63) is 158 Å². The van der Waals surface area contributed by atoms with Crippen LogP contribution >= 0.6 is 15.6 Å². The Kier molecular flexibility index (Phi) is 106. The van der Waals surface area contributed by atoms with Gasteiger partial charge in [-0.25, -0.2) is 9.13 Å². The van der Waals surface area contributed by atoms with E-state index in [-0.39, 0.29) is 19.3 Å². The van der Waals surface area contributed by atoms with Crippen LogP contribution in [0.15, 0.2) is 158 Å². The molecule has 0 radical (unpaired) electrons. The van der Waals surface area contributed by atoms with E-state index in [0.717, 1.165) is 141 Å². The van der Waals surface area contributed by atoms with Crippen LogP contribution in [0.2, 0.25) is 0 Å². The molecule has 0 saturated carbocycles. The van der Waals surface area contributed by atoms with Gasteiger partial charge >= 0.3 is 33.6 Å². The summed E-state index contributed by atoms with van der Waals surface area (Å²) in [7, 11) is -9.82. The van der Waals surface area contributed by atoms with Gasteiger partial charge in [0.15, 0.2) is 6.10 Å². The topological polar surface area (TPSA) is 231 Å². The highest BCUT2D eigenvalue weighted by molar-refractivity contribution is 7.47. The fourth-order valence-corrected chi connectivity index (χ4v) is 17.7. The molecule has 4 N–H and O–H groups in total. The number of phosphoric acid groups is 2. The lowest BCUT2D eigenvalue weighted by Crippen LogP contribution is -2.30. The average Bonchev–Trinajstić information content (AvgIpc) is 1.21. The second-order valence-electron chi connectivity index (χ2n) is 38.1. The molecule has 0 rings (SSSR count). The molecule has 5 unspecified atom stereocenters. The van der Waals surface area contributed by atoms with Gasteiger partial charge in [-0.3, -0.25) is 32.5 Å². The standard InChI is InChI=1S/C119H210O16P2/c1-4-7-10-13-16-19-22-25-28-31-34-37-40-43-46-49-52-54-56-58-61-63-66-69-72-75-78-81-84-87-90-93-96-99-102-105-117(122)129-108-114(120)109-131-136(125,126)132-110-115(121)111-133-137(127,128)134-113-116(135-119(124)107-104-101-98-95-92-89-86-83-80-77-74-71-68-65-60-51-48-45-42-39-36-33-30-27-24-21-18-15-12-9-6-3)112-130-118(123)106-103-100-97-94-91-88-85-82-79-76-73-70-67-64-62-59-57-55-53-50-47-44-41-38-35-32-29-26-23-20-17-14-11-8-5-2/h9,12,16-21,25-30,34-39,43-48,114-116,120-121H,4-8,10-11,13-15,22-24,31-33,40-42,49-113H2,1-3H3,(H,125,126)(H,127,128)/b12-9-,19-16-,20-17-,21-18-,28-25-,29-26-,30-27-,37-34-,38-35-,39-36-,46-43-,47-44-,48-45-. The molecule has 5 atom stereocenters. The Labute approximate surface area is 841 Å². The van der Waals surface area contributed by atoms with Crippen molar-refractivity contribution in [3.63, 3.8) is 0 Å². The van der Waals surface area contributed by atoms with Gasteiger partial charge < -0.3 is 34.2 Å². The maximum absolute atomic E-state index is 13.2. The number of rotatable bonds is 108. The normalized spacial score (nSPS) is 14.1. The molecule has 137 heavy (non-hydrogen) atoms. The Hall–Kier alpha value is -4.83. The molecule has 0 saturated heterocycles. The second kappa shape index (κ2) is 110. The maximum Gasteiger partial charge on any atom is 0.472 e. The predicted molar refractivity (Wildman–Crippen MR) is 583 cm³/mol. The van der Waals surface area contributed by atoms with Crippen molar-refractivity contribution in [2.45, 2.75) is 540 Å². The first-order chi connectivity index (χ1) is 67.2. The Morgan fingerprint density at radius 1 is 0.212 bits per heavy atom. The molecule has 0 bridgehead atoms. The third kappa shape index (κ3) is 111. The first-order valence-electron chi connectivity index (χ1n) is 56.8. The highest BCUT2D eigenvalue weighted by atomic mass is 31.2. The molecular formula is C119H210O16P2. The van der Waals surface area contributed by atoms with Gasteiger partial charge in [-0.2, -0.15) is 0 Å². The van der Waals surface area contributed by atoms with E-state index < -0.39 is 91.5 Å². The minimum absolute atomic E-state index is 0.104. The number of aliphatic hydroxyl groups is 2. The van der Waals surface area contributed by atoms with Gasteiger partial charge in [-0.1, -0.05) is 506 Å². The van der Waals surface area contributed by atoms with E-state index in [1.807, 2.05) is 0 Å². The summed E-state index contributed by atoms with van der Waals surface area (Å²) >= 11 is 0. The fourth-order valence-electron chi connectivity index (χ4n) is 16.2. The van der Waals surface area contributed by atoms with Gasteiger partial charge in [-0.05, 0) is 154 Å². The second-order valence-corrected chi connectivity index (χ2v) is 41.1. The largest absolute Gasteiger partial charge is 0.472 e. The summed E-state index contributed by atoms with van der Waals surface area (Å²) < 4.78 is 61.9. The predicted octanol–water partition coefficient (Wildman–Crippen LogP) is 36.7. The van der Waals surface area contributed by atoms with E-state index in [1.54, 1.807) is 0 Å². The van der Waals surface area contributed by atoms with Gasteiger partial charge in [0.1, 0.15) is 25.4 Å². The van der Waals surface area contributed by atoms with Gasteiger partial charge in [0.05, 0.1) is 26.4 Å². The third-order valence-electron chi connectivity index (χ3n) is 24.7. The van der Waals surface area contributed by atoms with Crippen molar-refractivity contribution in [1.29, 1.82) is 0 Å². The van der Waals surface area contributed by atoms with E-state index in [0.29, 0.717) is 19.3 Å². The SMILES string of the molecule is CC/C=C\C/C=C\C/C=C\C/C=C\C/C=C\CCCCCCCCCCCCCCCCCC(=O)OC(COC(=O)CCCCCCCCCCCCCCCCCCCCC/C=C\C/C=C\C/C=C\C/C=C\CCCCC)COP(=O)(O)OCC(O)COP(=O)(O)OCC(O)COC(=O)CCCCCCCCCCCCCCCCCCCCC/C=C\C/C=C\C/C=C\C/C=C\CCCCC. The molecule has 0 aliphatic rings. The van der Waals surface area contributed by atoms with Crippen LogP contribution in [0.4, 0.5) is 0 Å². The minimum Gasteiger partial charge on any atom is -0.463 e. The molecule has 0 aromatic rings. The highest BCUT2D eigenvalue weighted by Gasteiger charge is 2.30. The van der Waals surface area contributed by atoms with Crippen LogP contribution in [-0.4, -0.2) is 95.9 Å². The Morgan fingerprint density at radius 2 is 0.387 bits per heavy atom. The first-order valence-corrected chi connectivity index (χ1v) is 59.8. The molecule has 0 aromatic carbocycles. The van der Waals surface area contributed by atoms with Crippen molar-refractivity contribution >= 4 is 33.6 Å². The zero-order valence-corrected chi connectivity index (χ0v) is 90.0. The number of carbonyl (C=O) groups is 3. The minimum atomic E-state index is -4.95. The number of esters is 3. The Balaban J connectivity index is 4.57. The molecule has 0 heterocycles. The molecule has 0 aliphatic heterocycles. The number of hydrogen-bond acceptors (Lipinski definition) is 14. The number of allylic oxidation sites excluding steroid dienone is 26. The van der Waals surface area contributed by atoms with E-state index in [1.165, 1.54) is 321 Å². The summed E-state index contributed by atoms with van der Waals surface area (Å²) in [6, 6.07) is 0. The molecule has 0 fully saturated rings. The lowest BCUT2D eigenvalue weighted by Gasteiger charge is -2.21. The molecule has 0 aliphatic carbocycles. The van der Waals surface area contributed by atoms with Gasteiger partial charge in [0.25, 0.3) is 0 Å². The number of ether oxygens (including phenoxy) is 3. The van der Waals surface area contributed by atoms with Crippen molar-refractivity contribution in [2.75, 3.05) is 39.6 Å². The quantitative estimate of drug-likeness (QED) is 0.0146. The van der Waals surface area contributed by atoms with Crippen LogP contribution in [0, 0.1) is 0 Å². The lowest BCUT2D eigenvalue weighted by atomic mass is 10.0. The van der Waals surface area contributed by atoms with Crippen LogP contribution in [-0.2, 0) is 55.8 Å². The monoisotopic (exact) mass is 1960 g/mol. The number of hydrogen-bond donors (Lipinski definition) is 4. The number of unbranched alkanes of at least 4 members (excludes halogenated alkanes) is 59. The van der Waals surface area contributed by atoms with E-state index in [2.05, 4.69) is 179 Å². The molecule has 0 amide bonds. The van der Waals surface area contributed by atoms with E-state index in [9.17, 15) is 43.5 Å². The number of aliphatic hydroxyl groups excluding tert-OH is 2. The molecule has 0 aromatic heterocycles. The van der Waals surface area contributed by atoms with Crippen molar-refractivity contribution in [1.82, 2.24) is 0 Å². The summed E-state index contributed by atoms with van der Waals surface area (Å²) in [6.45, 7) is 2.63. The molecule has 0 spiro atoms. The fraction of sp³-hybridized carbons (Fsp3) is 0.756. The Bertz CT molecular complexity index is 3120. The lowest BCUT2D eigenvalue weighted by molar-refractivity contribution is -0.161. The first kappa shape index (κ1) is 132. The van der Waals surface area contributed by atoms with E-state index >= 15 is 0 Å². The zero-order chi connectivity index (χ0) is 99.2. The maximum atomic E-state index is 13.2. The molecule has 16 nitrogen and oxygen atoms in total. The van der Waals surface area contributed by atoms with E-state index in [4.69, 9.17) is 32.3 Å². The zero-order valence-electron chi connectivity index (χ0n) is 88.2. The summed E-state index contributed by atoms with van der Waals surface area (Å²) in [6.07, 6.45) is 145. The summed E-state index contributed by atoms with van der Waals surface area (Å²) in [5.74, 6) is -1.54. The summed E-state index contributed by atoms with van der Waals surface area (Å²) in [4.78, 5) is 59.4. The summed E-state index contributed by atoms with van der Waals surface area (Å²) in [5, 5.41) is 20.8. The van der Waals surface area contributed by atoms with Crippen LogP contribution in [0.3, 0.4) is 0 Å². The third-order valence-corrected chi connectivity index (χ3v) is 26.6. The Morgan fingerprint density at radius 3 is 0.613 bits per heavy atom. The summed E-state index contributed by atoms with van der Waals surface area (Å²) in [5.41, 5.74) is 0. The van der Waals surface area contributed by atoms with Crippen molar-refractivity contribution < 1.29 is 75.8 Å². The van der Waals surface area contributed by atoms with Crippen LogP contribution < -0.4 is 0 Å². The smallest absolute Gasteiger partial charge is 0.463 e. The van der Waals surface area contributed by atoms with Crippen LogP contribution in [0.1, 0.15) is 522 Å².